The van der Waals surface area contributed by atoms with Gasteiger partial charge in [0.05, 0.1) is 5.69 Å². The van der Waals surface area contributed by atoms with Crippen LogP contribution in [0.15, 0.2) is 6.20 Å². The first-order valence-corrected chi connectivity index (χ1v) is 8.03. The molecule has 116 valence electrons. The van der Waals surface area contributed by atoms with E-state index < -0.39 is 0 Å². The Morgan fingerprint density at radius 2 is 2.00 bits per heavy atom. The van der Waals surface area contributed by atoms with E-state index in [0.717, 1.165) is 23.2 Å². The molecule has 2 rings (SSSR count). The molecule has 0 bridgehead atoms. The fourth-order valence-electron chi connectivity index (χ4n) is 2.16. The van der Waals surface area contributed by atoms with Crippen molar-refractivity contribution in [3.63, 3.8) is 0 Å². The average molecular weight is 307 g/mol. The Kier molecular flexibility index (Phi) is 4.37. The highest BCUT2D eigenvalue weighted by atomic mass is 32.1. The van der Waals surface area contributed by atoms with Gasteiger partial charge in [-0.05, 0) is 5.92 Å². The van der Waals surface area contributed by atoms with Crippen molar-refractivity contribution in [2.75, 3.05) is 11.9 Å². The minimum atomic E-state index is -0.00696. The fourth-order valence-corrected chi connectivity index (χ4v) is 2.98. The van der Waals surface area contributed by atoms with Crippen LogP contribution >= 0.6 is 11.5 Å². The average Bonchev–Trinajstić information content (AvgIpc) is 2.94. The summed E-state index contributed by atoms with van der Waals surface area (Å²) in [7, 11) is 4.03. The molecule has 0 unspecified atom stereocenters. The van der Waals surface area contributed by atoms with Gasteiger partial charge in [-0.15, -0.1) is 0 Å². The molecule has 2 heterocycles. The predicted octanol–water partition coefficient (Wildman–Crippen LogP) is 3.33. The van der Waals surface area contributed by atoms with Crippen LogP contribution in [0.5, 0.6) is 0 Å². The molecule has 0 N–H and O–H groups in total. The largest absolute Gasteiger partial charge is 0.345 e. The van der Waals surface area contributed by atoms with Crippen LogP contribution in [0.1, 0.15) is 57.6 Å². The van der Waals surface area contributed by atoms with Gasteiger partial charge in [0.25, 0.3) is 0 Å². The molecule has 0 amide bonds. The molecule has 0 aliphatic heterocycles. The van der Waals surface area contributed by atoms with Crippen molar-refractivity contribution in [1.29, 1.82) is 0 Å². The highest BCUT2D eigenvalue weighted by molar-refractivity contribution is 7.09. The van der Waals surface area contributed by atoms with Crippen molar-refractivity contribution in [2.24, 2.45) is 7.05 Å². The Bertz CT molecular complexity index is 606. The first-order valence-electron chi connectivity index (χ1n) is 7.26. The third kappa shape index (κ3) is 3.61. The summed E-state index contributed by atoms with van der Waals surface area (Å²) < 4.78 is 6.37. The van der Waals surface area contributed by atoms with E-state index in [-0.39, 0.29) is 5.41 Å². The number of aryl methyl sites for hydroxylation is 1. The van der Waals surface area contributed by atoms with Gasteiger partial charge in [-0.1, -0.05) is 34.6 Å². The third-order valence-corrected chi connectivity index (χ3v) is 4.13. The van der Waals surface area contributed by atoms with Crippen LogP contribution in [0, 0.1) is 0 Å². The van der Waals surface area contributed by atoms with Crippen molar-refractivity contribution in [3.05, 3.63) is 23.3 Å². The highest BCUT2D eigenvalue weighted by Gasteiger charge is 2.21. The van der Waals surface area contributed by atoms with E-state index in [1.807, 2.05) is 11.7 Å². The monoisotopic (exact) mass is 307 g/mol. The molecule has 0 spiro atoms. The lowest BCUT2D eigenvalue weighted by molar-refractivity contribution is 0.554. The van der Waals surface area contributed by atoms with Crippen LogP contribution in [0.2, 0.25) is 0 Å². The lowest BCUT2D eigenvalue weighted by Gasteiger charge is -2.16. The Morgan fingerprint density at radius 3 is 2.52 bits per heavy atom. The molecule has 0 aliphatic carbocycles. The smallest absolute Gasteiger partial charge is 0.205 e. The van der Waals surface area contributed by atoms with Crippen LogP contribution in [0.25, 0.3) is 0 Å². The summed E-state index contributed by atoms with van der Waals surface area (Å²) in [5.74, 6) is 1.33. The van der Waals surface area contributed by atoms with Gasteiger partial charge in [0.15, 0.2) is 0 Å². The summed E-state index contributed by atoms with van der Waals surface area (Å²) in [5.41, 5.74) is 2.40. The summed E-state index contributed by atoms with van der Waals surface area (Å²) in [6.45, 7) is 11.6. The summed E-state index contributed by atoms with van der Waals surface area (Å²) in [6.07, 6.45) is 2.09. The second-order valence-corrected chi connectivity index (χ2v) is 7.60. The molecular formula is C15H25N5S. The first kappa shape index (κ1) is 15.9. The quantitative estimate of drug-likeness (QED) is 0.869. The summed E-state index contributed by atoms with van der Waals surface area (Å²) in [6, 6.07) is 0. The zero-order valence-corrected chi connectivity index (χ0v) is 14.8. The van der Waals surface area contributed by atoms with E-state index in [1.54, 1.807) is 0 Å². The van der Waals surface area contributed by atoms with E-state index in [1.165, 1.54) is 17.1 Å². The highest BCUT2D eigenvalue weighted by Crippen LogP contribution is 2.26. The summed E-state index contributed by atoms with van der Waals surface area (Å²) >= 11 is 1.46. The van der Waals surface area contributed by atoms with Gasteiger partial charge in [0, 0.05) is 49.3 Å². The van der Waals surface area contributed by atoms with Crippen molar-refractivity contribution >= 4 is 16.7 Å². The Balaban J connectivity index is 2.18. The second-order valence-electron chi connectivity index (χ2n) is 6.87. The van der Waals surface area contributed by atoms with Gasteiger partial charge in [-0.3, -0.25) is 4.68 Å². The Labute approximate surface area is 131 Å². The number of hydrogen-bond acceptors (Lipinski definition) is 5. The SMILES string of the molecule is CC(C)c1nn(C)cc1CN(C)c1nc(C(C)(C)C)ns1. The fraction of sp³-hybridized carbons (Fsp3) is 0.667. The van der Waals surface area contributed by atoms with Gasteiger partial charge in [-0.2, -0.15) is 9.47 Å². The maximum atomic E-state index is 4.67. The van der Waals surface area contributed by atoms with Crippen LogP contribution in [-0.2, 0) is 19.0 Å². The van der Waals surface area contributed by atoms with Gasteiger partial charge in [0.2, 0.25) is 5.13 Å². The molecule has 0 radical (unpaired) electrons. The van der Waals surface area contributed by atoms with Crippen LogP contribution in [0.4, 0.5) is 5.13 Å². The number of anilines is 1. The summed E-state index contributed by atoms with van der Waals surface area (Å²) in [5, 5.41) is 5.52. The topological polar surface area (TPSA) is 46.8 Å². The van der Waals surface area contributed by atoms with Crippen LogP contribution < -0.4 is 4.90 Å². The van der Waals surface area contributed by atoms with Crippen molar-refractivity contribution in [3.8, 4) is 0 Å². The number of aromatic nitrogens is 4. The van der Waals surface area contributed by atoms with Gasteiger partial charge in [0.1, 0.15) is 5.82 Å². The van der Waals surface area contributed by atoms with Gasteiger partial charge < -0.3 is 4.90 Å². The Hall–Kier alpha value is -1.43. The molecule has 2 aromatic rings. The molecule has 0 aromatic carbocycles. The van der Waals surface area contributed by atoms with Crippen molar-refractivity contribution in [2.45, 2.75) is 52.5 Å². The zero-order valence-electron chi connectivity index (χ0n) is 14.0. The van der Waals surface area contributed by atoms with Crippen LogP contribution in [0.3, 0.4) is 0 Å². The van der Waals surface area contributed by atoms with E-state index in [9.17, 15) is 0 Å². The second kappa shape index (κ2) is 5.75. The summed E-state index contributed by atoms with van der Waals surface area (Å²) in [4.78, 5) is 6.81. The molecule has 0 saturated carbocycles. The molecule has 0 saturated heterocycles. The van der Waals surface area contributed by atoms with Crippen molar-refractivity contribution in [1.82, 2.24) is 19.1 Å². The first-order chi connectivity index (χ1) is 9.68. The van der Waals surface area contributed by atoms with Crippen molar-refractivity contribution < 1.29 is 0 Å². The minimum absolute atomic E-state index is 0.00696. The number of rotatable bonds is 4. The molecule has 6 heteroatoms. The van der Waals surface area contributed by atoms with E-state index in [2.05, 4.69) is 67.2 Å². The van der Waals surface area contributed by atoms with Gasteiger partial charge >= 0.3 is 0 Å². The molecule has 0 aliphatic rings. The molecule has 2 aromatic heterocycles. The normalized spacial score (nSPS) is 12.2. The lowest BCUT2D eigenvalue weighted by atomic mass is 9.96. The third-order valence-electron chi connectivity index (χ3n) is 3.30. The predicted molar refractivity (Wildman–Crippen MR) is 88.0 cm³/mol. The minimum Gasteiger partial charge on any atom is -0.345 e. The standard InChI is InChI=1S/C15H25N5S/c1-10(2)12-11(9-20(7)17-12)8-19(6)14-16-13(18-21-14)15(3,4)5/h9-10H,8H2,1-7H3. The van der Waals surface area contributed by atoms with E-state index in [4.69, 9.17) is 0 Å². The van der Waals surface area contributed by atoms with Crippen LogP contribution in [-0.4, -0.2) is 26.2 Å². The Morgan fingerprint density at radius 1 is 1.33 bits per heavy atom. The number of hydrogen-bond donors (Lipinski definition) is 0. The molecular weight excluding hydrogens is 282 g/mol. The molecule has 21 heavy (non-hydrogen) atoms. The molecule has 0 fully saturated rings. The van der Waals surface area contributed by atoms with E-state index in [0.29, 0.717) is 5.92 Å². The zero-order chi connectivity index (χ0) is 15.8. The molecule has 5 nitrogen and oxygen atoms in total. The number of nitrogens with zero attached hydrogens (tertiary/aromatic N) is 5. The maximum Gasteiger partial charge on any atom is 0.205 e. The maximum absolute atomic E-state index is 4.67. The molecule has 0 atom stereocenters. The lowest BCUT2D eigenvalue weighted by Crippen LogP contribution is -2.18. The van der Waals surface area contributed by atoms with E-state index >= 15 is 0 Å². The van der Waals surface area contributed by atoms with Gasteiger partial charge in [-0.25, -0.2) is 4.98 Å².